The van der Waals surface area contributed by atoms with Crippen molar-refractivity contribution >= 4 is 23.3 Å². The highest BCUT2D eigenvalue weighted by Crippen LogP contribution is 2.17. The Morgan fingerprint density at radius 1 is 1.50 bits per heavy atom. The number of amides is 2. The van der Waals surface area contributed by atoms with Crippen LogP contribution in [0.25, 0.3) is 0 Å². The number of carbonyl (C=O) groups is 2. The first-order valence-corrected chi connectivity index (χ1v) is 7.40. The van der Waals surface area contributed by atoms with Crippen molar-refractivity contribution in [3.8, 4) is 0 Å². The van der Waals surface area contributed by atoms with E-state index in [1.807, 2.05) is 11.4 Å². The minimum atomic E-state index is -0.945. The van der Waals surface area contributed by atoms with Gasteiger partial charge in [-0.05, 0) is 23.4 Å². The lowest BCUT2D eigenvalue weighted by molar-refractivity contribution is -0.142. The lowest BCUT2D eigenvalue weighted by Crippen LogP contribution is -2.47. The topological polar surface area (TPSA) is 87.7 Å². The maximum absolute atomic E-state index is 11.8. The summed E-state index contributed by atoms with van der Waals surface area (Å²) in [6.07, 6.45) is 0.930. The predicted octanol–water partition coefficient (Wildman–Crippen LogP) is 1.21. The van der Waals surface area contributed by atoms with Crippen LogP contribution < -0.4 is 10.6 Å². The van der Waals surface area contributed by atoms with E-state index in [1.165, 1.54) is 5.56 Å². The van der Waals surface area contributed by atoms with Crippen LogP contribution in [0.1, 0.15) is 17.4 Å². The van der Waals surface area contributed by atoms with Gasteiger partial charge in [-0.15, -0.1) is 11.3 Å². The third kappa shape index (κ3) is 3.49. The van der Waals surface area contributed by atoms with Crippen LogP contribution in [-0.4, -0.2) is 36.4 Å². The molecule has 1 aromatic rings. The van der Waals surface area contributed by atoms with Crippen LogP contribution in [0.3, 0.4) is 0 Å². The fraction of sp³-hybridized carbons (Fsp3) is 0.538. The molecule has 0 aliphatic carbocycles. The smallest absolute Gasteiger partial charge is 0.315 e. The van der Waals surface area contributed by atoms with Crippen molar-refractivity contribution in [3.05, 3.63) is 21.9 Å². The first-order chi connectivity index (χ1) is 9.61. The maximum atomic E-state index is 11.8. The molecule has 1 aliphatic rings. The molecule has 2 atom stereocenters. The molecule has 0 bridgehead atoms. The molecule has 2 heterocycles. The summed E-state index contributed by atoms with van der Waals surface area (Å²) in [7, 11) is 0. The molecule has 0 aromatic carbocycles. The summed E-state index contributed by atoms with van der Waals surface area (Å²) >= 11 is 1.60. The van der Waals surface area contributed by atoms with E-state index in [2.05, 4.69) is 17.6 Å². The highest BCUT2D eigenvalue weighted by Gasteiger charge is 2.34. The predicted molar refractivity (Wildman–Crippen MR) is 74.8 cm³/mol. The van der Waals surface area contributed by atoms with Gasteiger partial charge in [-0.3, -0.25) is 4.79 Å². The van der Waals surface area contributed by atoms with Crippen molar-refractivity contribution in [2.75, 3.05) is 13.2 Å². The first kappa shape index (κ1) is 14.8. The SMILES string of the molecule is CCc1ccsc1CNC(=O)NC1COCC1C(=O)O. The van der Waals surface area contributed by atoms with Crippen LogP contribution in [0, 0.1) is 5.92 Å². The number of hydrogen-bond acceptors (Lipinski definition) is 4. The normalized spacial score (nSPS) is 21.6. The van der Waals surface area contributed by atoms with E-state index in [9.17, 15) is 9.59 Å². The number of carboxylic acids is 1. The van der Waals surface area contributed by atoms with Crippen LogP contribution in [0.4, 0.5) is 4.79 Å². The summed E-state index contributed by atoms with van der Waals surface area (Å²) in [5.74, 6) is -1.62. The van der Waals surface area contributed by atoms with Gasteiger partial charge in [-0.1, -0.05) is 6.92 Å². The molecule has 0 saturated carbocycles. The lowest BCUT2D eigenvalue weighted by Gasteiger charge is -2.16. The van der Waals surface area contributed by atoms with Gasteiger partial charge in [0.05, 0.1) is 25.8 Å². The average molecular weight is 298 g/mol. The second-order valence-electron chi connectivity index (χ2n) is 4.64. The summed E-state index contributed by atoms with van der Waals surface area (Å²) in [4.78, 5) is 23.9. The van der Waals surface area contributed by atoms with Crippen molar-refractivity contribution in [2.24, 2.45) is 5.92 Å². The summed E-state index contributed by atoms with van der Waals surface area (Å²) in [5.41, 5.74) is 1.22. The Hall–Kier alpha value is -1.60. The third-order valence-corrected chi connectivity index (χ3v) is 4.31. The van der Waals surface area contributed by atoms with Crippen molar-refractivity contribution in [1.82, 2.24) is 10.6 Å². The summed E-state index contributed by atoms with van der Waals surface area (Å²) in [6, 6.07) is 1.22. The van der Waals surface area contributed by atoms with Crippen LogP contribution >= 0.6 is 11.3 Å². The van der Waals surface area contributed by atoms with E-state index in [0.29, 0.717) is 6.54 Å². The molecule has 0 spiro atoms. The molecule has 110 valence electrons. The van der Waals surface area contributed by atoms with Crippen LogP contribution in [0.5, 0.6) is 0 Å². The number of urea groups is 1. The standard InChI is InChI=1S/C13H18N2O4S/c1-2-8-3-4-20-11(8)5-14-13(18)15-10-7-19-6-9(10)12(16)17/h3-4,9-10H,2,5-7H2,1H3,(H,16,17)(H2,14,15,18). The number of carbonyl (C=O) groups excluding carboxylic acids is 1. The average Bonchev–Trinajstić information content (AvgIpc) is 3.04. The monoisotopic (exact) mass is 298 g/mol. The van der Waals surface area contributed by atoms with E-state index in [1.54, 1.807) is 11.3 Å². The quantitative estimate of drug-likeness (QED) is 0.762. The number of rotatable bonds is 5. The van der Waals surface area contributed by atoms with Crippen molar-refractivity contribution in [3.63, 3.8) is 0 Å². The molecule has 1 aromatic heterocycles. The van der Waals surface area contributed by atoms with Crippen molar-refractivity contribution < 1.29 is 19.4 Å². The molecule has 7 heteroatoms. The third-order valence-electron chi connectivity index (χ3n) is 3.34. The molecule has 1 fully saturated rings. The van der Waals surface area contributed by atoms with Gasteiger partial charge in [0.2, 0.25) is 0 Å². The van der Waals surface area contributed by atoms with Gasteiger partial charge in [0.15, 0.2) is 0 Å². The van der Waals surface area contributed by atoms with Gasteiger partial charge in [-0.2, -0.15) is 0 Å². The number of aryl methyl sites for hydroxylation is 1. The van der Waals surface area contributed by atoms with E-state index in [-0.39, 0.29) is 19.2 Å². The molecule has 6 nitrogen and oxygen atoms in total. The van der Waals surface area contributed by atoms with Gasteiger partial charge in [0.25, 0.3) is 0 Å². The summed E-state index contributed by atoms with van der Waals surface area (Å²) in [6.45, 7) is 2.91. The molecule has 2 amide bonds. The molecule has 20 heavy (non-hydrogen) atoms. The van der Waals surface area contributed by atoms with Gasteiger partial charge in [-0.25, -0.2) is 4.79 Å². The fourth-order valence-corrected chi connectivity index (χ4v) is 3.07. The van der Waals surface area contributed by atoms with E-state index >= 15 is 0 Å². The molecular weight excluding hydrogens is 280 g/mol. The zero-order valence-corrected chi connectivity index (χ0v) is 12.0. The Morgan fingerprint density at radius 3 is 3.00 bits per heavy atom. The van der Waals surface area contributed by atoms with Crippen LogP contribution in [0.2, 0.25) is 0 Å². The number of aliphatic carboxylic acids is 1. The zero-order valence-electron chi connectivity index (χ0n) is 11.2. The Labute approximate surface area is 121 Å². The Bertz CT molecular complexity index is 488. The van der Waals surface area contributed by atoms with Gasteiger partial charge >= 0.3 is 12.0 Å². The van der Waals surface area contributed by atoms with Gasteiger partial charge < -0.3 is 20.5 Å². The first-order valence-electron chi connectivity index (χ1n) is 6.52. The van der Waals surface area contributed by atoms with Crippen molar-refractivity contribution in [2.45, 2.75) is 25.9 Å². The lowest BCUT2D eigenvalue weighted by atomic mass is 10.0. The Morgan fingerprint density at radius 2 is 2.30 bits per heavy atom. The van der Waals surface area contributed by atoms with E-state index in [0.717, 1.165) is 11.3 Å². The number of carboxylic acid groups (broad SMARTS) is 1. The molecule has 1 saturated heterocycles. The molecule has 1 aliphatic heterocycles. The highest BCUT2D eigenvalue weighted by atomic mass is 32.1. The minimum Gasteiger partial charge on any atom is -0.481 e. The van der Waals surface area contributed by atoms with Crippen LogP contribution in [-0.2, 0) is 22.5 Å². The molecular formula is C13H18N2O4S. The highest BCUT2D eigenvalue weighted by molar-refractivity contribution is 7.10. The number of ether oxygens (including phenoxy) is 1. The van der Waals surface area contributed by atoms with Gasteiger partial charge in [0, 0.05) is 4.88 Å². The van der Waals surface area contributed by atoms with E-state index < -0.39 is 17.9 Å². The molecule has 2 unspecified atom stereocenters. The Kier molecular flexibility index (Phi) is 4.97. The number of thiophene rings is 1. The molecule has 0 radical (unpaired) electrons. The second kappa shape index (κ2) is 6.71. The largest absolute Gasteiger partial charge is 0.481 e. The van der Waals surface area contributed by atoms with E-state index in [4.69, 9.17) is 9.84 Å². The minimum absolute atomic E-state index is 0.144. The molecule has 3 N–H and O–H groups in total. The summed E-state index contributed by atoms with van der Waals surface area (Å²) in [5, 5.41) is 16.4. The number of hydrogen-bond donors (Lipinski definition) is 3. The molecule has 2 rings (SSSR count). The summed E-state index contributed by atoms with van der Waals surface area (Å²) < 4.78 is 5.10. The van der Waals surface area contributed by atoms with Crippen molar-refractivity contribution in [1.29, 1.82) is 0 Å². The number of nitrogens with one attached hydrogen (secondary N) is 2. The second-order valence-corrected chi connectivity index (χ2v) is 5.64. The van der Waals surface area contributed by atoms with Crippen LogP contribution in [0.15, 0.2) is 11.4 Å². The fourth-order valence-electron chi connectivity index (χ4n) is 2.16. The zero-order chi connectivity index (χ0) is 14.5. The maximum Gasteiger partial charge on any atom is 0.315 e. The van der Waals surface area contributed by atoms with Gasteiger partial charge in [0.1, 0.15) is 5.92 Å². The Balaban J connectivity index is 1.82.